The van der Waals surface area contributed by atoms with Crippen molar-refractivity contribution in [1.82, 2.24) is 0 Å². The fourth-order valence-electron chi connectivity index (χ4n) is 3.27. The summed E-state index contributed by atoms with van der Waals surface area (Å²) >= 11 is 0. The number of carbonyl (C=O) groups is 3. The Balaban J connectivity index is 1.57. The van der Waals surface area contributed by atoms with Crippen LogP contribution in [0.5, 0.6) is 0 Å². The largest absolute Gasteiger partial charge is 0.326 e. The smallest absolute Gasteiger partial charge is 0.228 e. The van der Waals surface area contributed by atoms with E-state index in [0.29, 0.717) is 17.8 Å². The van der Waals surface area contributed by atoms with Crippen molar-refractivity contribution in [3.63, 3.8) is 0 Å². The summed E-state index contributed by atoms with van der Waals surface area (Å²) < 4.78 is 0. The Morgan fingerprint density at radius 1 is 0.893 bits per heavy atom. The van der Waals surface area contributed by atoms with Crippen LogP contribution in [-0.2, 0) is 20.8 Å². The fraction of sp³-hybridized carbons (Fsp3) is 0.318. The highest BCUT2D eigenvalue weighted by molar-refractivity contribution is 6.03. The zero-order valence-corrected chi connectivity index (χ0v) is 16.3. The number of nitrogens with one attached hydrogen (secondary N) is 3. The van der Waals surface area contributed by atoms with Crippen LogP contribution in [0.25, 0.3) is 0 Å². The molecule has 0 spiro atoms. The predicted molar refractivity (Wildman–Crippen MR) is 110 cm³/mol. The third-order valence-electron chi connectivity index (χ3n) is 4.92. The molecule has 2 aromatic carbocycles. The highest BCUT2D eigenvalue weighted by Gasteiger charge is 2.48. The number of hydrogen-bond acceptors (Lipinski definition) is 3. The quantitative estimate of drug-likeness (QED) is 0.715. The second-order valence-corrected chi connectivity index (χ2v) is 7.15. The lowest BCUT2D eigenvalue weighted by Gasteiger charge is -2.13. The summed E-state index contributed by atoms with van der Waals surface area (Å²) in [6.45, 7) is 5.46. The van der Waals surface area contributed by atoms with Gasteiger partial charge in [-0.2, -0.15) is 0 Å². The Morgan fingerprint density at radius 3 is 2.04 bits per heavy atom. The van der Waals surface area contributed by atoms with Crippen LogP contribution < -0.4 is 16.0 Å². The Kier molecular flexibility index (Phi) is 5.78. The van der Waals surface area contributed by atoms with Crippen LogP contribution in [-0.4, -0.2) is 17.7 Å². The third-order valence-corrected chi connectivity index (χ3v) is 4.92. The van der Waals surface area contributed by atoms with Gasteiger partial charge >= 0.3 is 0 Å². The van der Waals surface area contributed by atoms with Crippen LogP contribution in [0.4, 0.5) is 17.1 Å². The predicted octanol–water partition coefficient (Wildman–Crippen LogP) is 3.73. The topological polar surface area (TPSA) is 87.3 Å². The molecule has 2 aromatic rings. The summed E-state index contributed by atoms with van der Waals surface area (Å²) in [5, 5.41) is 8.52. The van der Waals surface area contributed by atoms with Crippen molar-refractivity contribution in [2.75, 3.05) is 16.0 Å². The lowest BCUT2D eigenvalue weighted by Crippen LogP contribution is -2.21. The van der Waals surface area contributed by atoms with Crippen LogP contribution in [0.1, 0.15) is 31.4 Å². The number of carbonyl (C=O) groups excluding carboxylic acids is 3. The van der Waals surface area contributed by atoms with E-state index < -0.39 is 0 Å². The van der Waals surface area contributed by atoms with Gasteiger partial charge in [0.25, 0.3) is 0 Å². The van der Waals surface area contributed by atoms with Crippen molar-refractivity contribution in [3.05, 3.63) is 53.6 Å². The van der Waals surface area contributed by atoms with Gasteiger partial charge in [0.2, 0.25) is 17.7 Å². The molecular weight excluding hydrogens is 354 g/mol. The number of aryl methyl sites for hydroxylation is 2. The highest BCUT2D eigenvalue weighted by Crippen LogP contribution is 2.40. The first-order chi connectivity index (χ1) is 13.4. The van der Waals surface area contributed by atoms with Crippen LogP contribution in [0.3, 0.4) is 0 Å². The van der Waals surface area contributed by atoms with Gasteiger partial charge in [-0.15, -0.1) is 0 Å². The van der Waals surface area contributed by atoms with Gasteiger partial charge < -0.3 is 16.0 Å². The minimum absolute atomic E-state index is 0.106. The monoisotopic (exact) mass is 379 g/mol. The molecule has 0 saturated heterocycles. The molecule has 146 valence electrons. The van der Waals surface area contributed by atoms with Crippen molar-refractivity contribution in [1.29, 1.82) is 0 Å². The molecule has 1 aliphatic carbocycles. The molecule has 6 nitrogen and oxygen atoms in total. The minimum Gasteiger partial charge on any atom is -0.326 e. The molecule has 2 atom stereocenters. The van der Waals surface area contributed by atoms with Gasteiger partial charge in [0.1, 0.15) is 0 Å². The van der Waals surface area contributed by atoms with Crippen LogP contribution in [0.2, 0.25) is 0 Å². The van der Waals surface area contributed by atoms with Gasteiger partial charge in [0, 0.05) is 24.0 Å². The Labute approximate surface area is 164 Å². The normalized spacial score (nSPS) is 17.5. The molecule has 1 aliphatic rings. The Hall–Kier alpha value is -3.15. The lowest BCUT2D eigenvalue weighted by atomic mass is 10.1. The zero-order valence-electron chi connectivity index (χ0n) is 16.3. The van der Waals surface area contributed by atoms with Crippen molar-refractivity contribution in [2.45, 2.75) is 33.6 Å². The van der Waals surface area contributed by atoms with E-state index >= 15 is 0 Å². The van der Waals surface area contributed by atoms with E-state index in [1.54, 1.807) is 24.3 Å². The fourth-order valence-corrected chi connectivity index (χ4v) is 3.27. The first kappa shape index (κ1) is 19.6. The van der Waals surface area contributed by atoms with E-state index in [9.17, 15) is 14.4 Å². The second kappa shape index (κ2) is 8.25. The first-order valence-corrected chi connectivity index (χ1v) is 9.47. The average molecular weight is 379 g/mol. The molecule has 3 amide bonds. The third kappa shape index (κ3) is 4.57. The molecule has 0 bridgehead atoms. The summed E-state index contributed by atoms with van der Waals surface area (Å²) in [6.07, 6.45) is 1.38. The summed E-state index contributed by atoms with van der Waals surface area (Å²) in [5.74, 6) is -1.03. The molecule has 3 N–H and O–H groups in total. The molecule has 0 aromatic heterocycles. The number of hydrogen-bond donors (Lipinski definition) is 3. The van der Waals surface area contributed by atoms with Gasteiger partial charge in [-0.05, 0) is 55.2 Å². The standard InChI is InChI=1S/C22H25N3O3/c1-4-15-7-5-6-13(2)20(15)25-22(28)19-12-18(19)21(27)24-17-10-8-16(9-11-17)23-14(3)26/h5-11,18-19H,4,12H2,1-3H3,(H,23,26)(H,24,27)(H,25,28). The summed E-state index contributed by atoms with van der Waals surface area (Å²) in [4.78, 5) is 36.1. The summed E-state index contributed by atoms with van der Waals surface area (Å²) in [5.41, 5.74) is 4.27. The van der Waals surface area contributed by atoms with Crippen molar-refractivity contribution in [3.8, 4) is 0 Å². The molecule has 2 unspecified atom stereocenters. The van der Waals surface area contributed by atoms with E-state index in [1.807, 2.05) is 25.1 Å². The summed E-state index contributed by atoms with van der Waals surface area (Å²) in [6, 6.07) is 12.8. The van der Waals surface area contributed by atoms with Crippen LogP contribution >= 0.6 is 0 Å². The number of benzene rings is 2. The van der Waals surface area contributed by atoms with Crippen LogP contribution in [0.15, 0.2) is 42.5 Å². The zero-order chi connectivity index (χ0) is 20.3. The number of para-hydroxylation sites is 1. The SMILES string of the molecule is CCc1cccc(C)c1NC(=O)C1CC1C(=O)Nc1ccc(NC(C)=O)cc1. The molecule has 3 rings (SSSR count). The van der Waals surface area contributed by atoms with Gasteiger partial charge in [-0.1, -0.05) is 25.1 Å². The highest BCUT2D eigenvalue weighted by atomic mass is 16.2. The van der Waals surface area contributed by atoms with Crippen molar-refractivity contribution < 1.29 is 14.4 Å². The number of rotatable bonds is 6. The Morgan fingerprint density at radius 2 is 1.46 bits per heavy atom. The maximum Gasteiger partial charge on any atom is 0.228 e. The van der Waals surface area contributed by atoms with E-state index in [2.05, 4.69) is 22.9 Å². The molecule has 1 saturated carbocycles. The molecule has 1 fully saturated rings. The van der Waals surface area contributed by atoms with Gasteiger partial charge in [0.05, 0.1) is 11.8 Å². The maximum absolute atomic E-state index is 12.6. The minimum atomic E-state index is -0.316. The Bertz CT molecular complexity index is 906. The van der Waals surface area contributed by atoms with E-state index in [4.69, 9.17) is 0 Å². The lowest BCUT2D eigenvalue weighted by molar-refractivity contribution is -0.122. The molecule has 28 heavy (non-hydrogen) atoms. The average Bonchev–Trinajstić information content (AvgIpc) is 3.45. The summed E-state index contributed by atoms with van der Waals surface area (Å²) in [7, 11) is 0. The molecule has 0 heterocycles. The van der Waals surface area contributed by atoms with Gasteiger partial charge in [-0.25, -0.2) is 0 Å². The number of anilines is 3. The van der Waals surface area contributed by atoms with Crippen molar-refractivity contribution in [2.24, 2.45) is 11.8 Å². The van der Waals surface area contributed by atoms with E-state index in [1.165, 1.54) is 6.92 Å². The van der Waals surface area contributed by atoms with E-state index in [-0.39, 0.29) is 29.6 Å². The molecule has 0 aliphatic heterocycles. The maximum atomic E-state index is 12.6. The molecule has 0 radical (unpaired) electrons. The first-order valence-electron chi connectivity index (χ1n) is 9.47. The second-order valence-electron chi connectivity index (χ2n) is 7.15. The van der Waals surface area contributed by atoms with Gasteiger partial charge in [-0.3, -0.25) is 14.4 Å². The van der Waals surface area contributed by atoms with Crippen molar-refractivity contribution >= 4 is 34.8 Å². The molecular formula is C22H25N3O3. The van der Waals surface area contributed by atoms with Gasteiger partial charge in [0.15, 0.2) is 0 Å². The molecule has 6 heteroatoms. The van der Waals surface area contributed by atoms with E-state index in [0.717, 1.165) is 23.2 Å². The number of amides is 3. The van der Waals surface area contributed by atoms with Crippen LogP contribution in [0, 0.1) is 18.8 Å².